The van der Waals surface area contributed by atoms with Crippen molar-refractivity contribution in [2.45, 2.75) is 46.6 Å². The molecule has 4 nitrogen and oxygen atoms in total. The quantitative estimate of drug-likeness (QED) is 0.892. The predicted molar refractivity (Wildman–Crippen MR) is 105 cm³/mol. The van der Waals surface area contributed by atoms with E-state index in [1.807, 2.05) is 31.2 Å². The summed E-state index contributed by atoms with van der Waals surface area (Å²) in [7, 11) is 0. The Kier molecular flexibility index (Phi) is 5.40. The molecule has 1 aliphatic rings. The average molecular weight is 350 g/mol. The Bertz CT molecular complexity index is 855. The van der Waals surface area contributed by atoms with Crippen LogP contribution in [0.25, 0.3) is 0 Å². The van der Waals surface area contributed by atoms with Crippen molar-refractivity contribution >= 4 is 11.6 Å². The summed E-state index contributed by atoms with van der Waals surface area (Å²) in [4.78, 5) is 17.8. The summed E-state index contributed by atoms with van der Waals surface area (Å²) in [5.74, 6) is -0.0983. The highest BCUT2D eigenvalue weighted by Crippen LogP contribution is 2.19. The first-order chi connectivity index (χ1) is 12.5. The third-order valence-corrected chi connectivity index (χ3v) is 5.06. The van der Waals surface area contributed by atoms with E-state index in [9.17, 15) is 4.79 Å². The van der Waals surface area contributed by atoms with E-state index >= 15 is 0 Å². The molecule has 0 aromatic heterocycles. The van der Waals surface area contributed by atoms with Crippen molar-refractivity contribution in [3.05, 3.63) is 69.8 Å². The molecular formula is C22H26N2O2. The molecular weight excluding hydrogens is 324 g/mol. The van der Waals surface area contributed by atoms with E-state index in [1.54, 1.807) is 0 Å². The second kappa shape index (κ2) is 7.73. The van der Waals surface area contributed by atoms with E-state index in [4.69, 9.17) is 4.84 Å². The standard InChI is InChI=1S/C22H26N2O2/c1-14-7-5-6-8-19(14)20-13-21(26-24-20)22(25)23-10-9-18-12-16(3)15(2)11-17(18)4/h5-8,11-12,21H,9-10,13H2,1-4H3,(H,23,25). The van der Waals surface area contributed by atoms with E-state index in [-0.39, 0.29) is 5.91 Å². The van der Waals surface area contributed by atoms with Crippen LogP contribution in [0.15, 0.2) is 41.6 Å². The highest BCUT2D eigenvalue weighted by atomic mass is 16.6. The number of nitrogens with one attached hydrogen (secondary N) is 1. The Hall–Kier alpha value is -2.62. The maximum Gasteiger partial charge on any atom is 0.264 e. The van der Waals surface area contributed by atoms with E-state index in [0.717, 1.165) is 23.3 Å². The van der Waals surface area contributed by atoms with Crippen molar-refractivity contribution in [3.8, 4) is 0 Å². The van der Waals surface area contributed by atoms with Crippen molar-refractivity contribution in [1.82, 2.24) is 5.32 Å². The predicted octanol–water partition coefficient (Wildman–Crippen LogP) is 3.77. The molecule has 0 spiro atoms. The lowest BCUT2D eigenvalue weighted by Crippen LogP contribution is -2.36. The van der Waals surface area contributed by atoms with Gasteiger partial charge in [0, 0.05) is 18.5 Å². The lowest BCUT2D eigenvalue weighted by Gasteiger charge is -2.12. The second-order valence-electron chi connectivity index (χ2n) is 7.06. The molecule has 0 fully saturated rings. The molecule has 0 aliphatic carbocycles. The summed E-state index contributed by atoms with van der Waals surface area (Å²) in [6, 6.07) is 12.4. The third kappa shape index (κ3) is 3.96. The van der Waals surface area contributed by atoms with Gasteiger partial charge in [-0.2, -0.15) is 0 Å². The molecule has 2 aromatic carbocycles. The van der Waals surface area contributed by atoms with Crippen LogP contribution in [0.5, 0.6) is 0 Å². The molecule has 1 unspecified atom stereocenters. The van der Waals surface area contributed by atoms with Gasteiger partial charge in [-0.05, 0) is 61.9 Å². The van der Waals surface area contributed by atoms with Crippen molar-refractivity contribution in [2.75, 3.05) is 6.54 Å². The highest BCUT2D eigenvalue weighted by molar-refractivity contribution is 6.05. The van der Waals surface area contributed by atoms with Crippen LogP contribution in [-0.4, -0.2) is 24.3 Å². The van der Waals surface area contributed by atoms with Gasteiger partial charge in [-0.15, -0.1) is 0 Å². The molecule has 1 amide bonds. The summed E-state index contributed by atoms with van der Waals surface area (Å²) in [6.07, 6.45) is 0.793. The molecule has 1 atom stereocenters. The number of benzene rings is 2. The molecule has 4 heteroatoms. The van der Waals surface area contributed by atoms with Crippen LogP contribution in [0.3, 0.4) is 0 Å². The van der Waals surface area contributed by atoms with Gasteiger partial charge < -0.3 is 10.2 Å². The Morgan fingerprint density at radius 3 is 2.58 bits per heavy atom. The number of carbonyl (C=O) groups is 1. The topological polar surface area (TPSA) is 50.7 Å². The molecule has 3 rings (SSSR count). The minimum absolute atomic E-state index is 0.0983. The number of hydrogen-bond donors (Lipinski definition) is 1. The first-order valence-electron chi connectivity index (χ1n) is 9.09. The zero-order valence-corrected chi connectivity index (χ0v) is 15.9. The van der Waals surface area contributed by atoms with Gasteiger partial charge >= 0.3 is 0 Å². The average Bonchev–Trinajstić information content (AvgIpc) is 3.09. The molecule has 2 aromatic rings. The van der Waals surface area contributed by atoms with Crippen molar-refractivity contribution in [2.24, 2.45) is 5.16 Å². The monoisotopic (exact) mass is 350 g/mol. The van der Waals surface area contributed by atoms with Crippen molar-refractivity contribution in [1.29, 1.82) is 0 Å². The molecule has 1 aliphatic heterocycles. The minimum atomic E-state index is -0.537. The Morgan fingerprint density at radius 2 is 1.81 bits per heavy atom. The molecule has 0 saturated carbocycles. The molecule has 1 N–H and O–H groups in total. The molecule has 136 valence electrons. The Balaban J connectivity index is 1.53. The molecule has 26 heavy (non-hydrogen) atoms. The van der Waals surface area contributed by atoms with E-state index in [2.05, 4.69) is 43.4 Å². The largest absolute Gasteiger partial charge is 0.382 e. The van der Waals surface area contributed by atoms with Gasteiger partial charge in [-0.25, -0.2) is 0 Å². The fourth-order valence-corrected chi connectivity index (χ4v) is 3.30. The molecule has 0 bridgehead atoms. The summed E-state index contributed by atoms with van der Waals surface area (Å²) in [5.41, 5.74) is 8.16. The zero-order chi connectivity index (χ0) is 18.7. The summed E-state index contributed by atoms with van der Waals surface area (Å²) >= 11 is 0. The number of aryl methyl sites for hydroxylation is 4. The number of amides is 1. The summed E-state index contributed by atoms with van der Waals surface area (Å²) in [5, 5.41) is 7.11. The van der Waals surface area contributed by atoms with Crippen LogP contribution in [0.1, 0.15) is 39.8 Å². The van der Waals surface area contributed by atoms with Crippen LogP contribution in [0.2, 0.25) is 0 Å². The van der Waals surface area contributed by atoms with E-state index in [0.29, 0.717) is 13.0 Å². The van der Waals surface area contributed by atoms with Gasteiger partial charge in [0.25, 0.3) is 5.91 Å². The zero-order valence-electron chi connectivity index (χ0n) is 15.9. The number of nitrogens with zero attached hydrogens (tertiary/aromatic N) is 1. The Labute approximate surface area is 155 Å². The smallest absolute Gasteiger partial charge is 0.264 e. The lowest BCUT2D eigenvalue weighted by atomic mass is 9.98. The third-order valence-electron chi connectivity index (χ3n) is 5.06. The van der Waals surface area contributed by atoms with Crippen molar-refractivity contribution in [3.63, 3.8) is 0 Å². The first kappa shape index (κ1) is 18.2. The summed E-state index contributed by atoms with van der Waals surface area (Å²) in [6.45, 7) is 9.00. The lowest BCUT2D eigenvalue weighted by molar-refractivity contribution is -0.131. The van der Waals surface area contributed by atoms with Crippen LogP contribution in [0.4, 0.5) is 0 Å². The van der Waals surface area contributed by atoms with Crippen LogP contribution in [-0.2, 0) is 16.1 Å². The minimum Gasteiger partial charge on any atom is -0.382 e. The van der Waals surface area contributed by atoms with E-state index in [1.165, 1.54) is 22.3 Å². The van der Waals surface area contributed by atoms with Crippen LogP contribution < -0.4 is 5.32 Å². The fourth-order valence-electron chi connectivity index (χ4n) is 3.30. The van der Waals surface area contributed by atoms with Gasteiger partial charge in [0.1, 0.15) is 0 Å². The Morgan fingerprint density at radius 1 is 1.08 bits per heavy atom. The second-order valence-corrected chi connectivity index (χ2v) is 7.06. The van der Waals surface area contributed by atoms with Gasteiger partial charge in [0.2, 0.25) is 6.10 Å². The van der Waals surface area contributed by atoms with Crippen LogP contribution >= 0.6 is 0 Å². The number of rotatable bonds is 5. The fraction of sp³-hybridized carbons (Fsp3) is 0.364. The van der Waals surface area contributed by atoms with Gasteiger partial charge in [-0.1, -0.05) is 41.6 Å². The maximum absolute atomic E-state index is 12.4. The number of hydrogen-bond acceptors (Lipinski definition) is 3. The van der Waals surface area contributed by atoms with Crippen LogP contribution in [0, 0.1) is 27.7 Å². The maximum atomic E-state index is 12.4. The van der Waals surface area contributed by atoms with E-state index < -0.39 is 6.10 Å². The number of oxime groups is 1. The van der Waals surface area contributed by atoms with Gasteiger partial charge in [0.15, 0.2) is 0 Å². The summed E-state index contributed by atoms with van der Waals surface area (Å²) < 4.78 is 0. The highest BCUT2D eigenvalue weighted by Gasteiger charge is 2.29. The number of carbonyl (C=O) groups excluding carboxylic acids is 1. The molecule has 0 radical (unpaired) electrons. The normalized spacial score (nSPS) is 16.2. The van der Waals surface area contributed by atoms with Gasteiger partial charge in [-0.3, -0.25) is 4.79 Å². The van der Waals surface area contributed by atoms with Gasteiger partial charge in [0.05, 0.1) is 5.71 Å². The molecule has 0 saturated heterocycles. The molecule has 1 heterocycles. The first-order valence-corrected chi connectivity index (χ1v) is 9.09. The van der Waals surface area contributed by atoms with Crippen molar-refractivity contribution < 1.29 is 9.63 Å². The SMILES string of the molecule is Cc1cc(C)c(CCNC(=O)C2CC(c3ccccc3C)=NO2)cc1C.